The van der Waals surface area contributed by atoms with Gasteiger partial charge < -0.3 is 15.5 Å². The van der Waals surface area contributed by atoms with Gasteiger partial charge in [0.25, 0.3) is 0 Å². The van der Waals surface area contributed by atoms with Gasteiger partial charge in [0.15, 0.2) is 5.17 Å². The summed E-state index contributed by atoms with van der Waals surface area (Å²) in [6.45, 7) is -0.110. The zero-order valence-electron chi connectivity index (χ0n) is 9.33. The predicted molar refractivity (Wildman–Crippen MR) is 69.7 cm³/mol. The standard InChI is InChI=1S/C11H11N3O3S/c15-5-7-1-2-9(16)8(3-7)4-12-14-11-13-10(17)6-18-11/h1-4,15-16H,5-6H2,(H,13,14,17). The Bertz CT molecular complexity index is 528. The number of nitrogens with zero attached hydrogens (tertiary/aromatic N) is 2. The first-order valence-corrected chi connectivity index (χ1v) is 6.14. The molecular weight excluding hydrogens is 254 g/mol. The van der Waals surface area contributed by atoms with E-state index in [0.29, 0.717) is 22.0 Å². The number of phenolic OH excluding ortho intramolecular Hbond substituents is 1. The maximum Gasteiger partial charge on any atom is 0.236 e. The van der Waals surface area contributed by atoms with Gasteiger partial charge in [-0.2, -0.15) is 5.10 Å². The van der Waals surface area contributed by atoms with E-state index in [-0.39, 0.29) is 18.3 Å². The molecule has 1 aromatic carbocycles. The summed E-state index contributed by atoms with van der Waals surface area (Å²) in [4.78, 5) is 10.9. The normalized spacial score (nSPS) is 17.6. The number of phenols is 1. The highest BCUT2D eigenvalue weighted by Gasteiger charge is 2.15. The second kappa shape index (κ2) is 5.65. The third-order valence-corrected chi connectivity index (χ3v) is 3.07. The maximum absolute atomic E-state index is 10.9. The van der Waals surface area contributed by atoms with E-state index in [1.54, 1.807) is 12.1 Å². The summed E-state index contributed by atoms with van der Waals surface area (Å²) in [7, 11) is 0. The number of carbonyl (C=O) groups is 1. The molecular formula is C11H11N3O3S. The second-order valence-corrected chi connectivity index (χ2v) is 4.50. The van der Waals surface area contributed by atoms with Gasteiger partial charge in [-0.15, -0.1) is 5.10 Å². The first-order chi connectivity index (χ1) is 8.69. The number of amidine groups is 1. The van der Waals surface area contributed by atoms with Crippen LogP contribution in [0.5, 0.6) is 5.75 Å². The van der Waals surface area contributed by atoms with Crippen LogP contribution < -0.4 is 5.32 Å². The molecule has 2 rings (SSSR count). The van der Waals surface area contributed by atoms with E-state index in [1.165, 1.54) is 24.0 Å². The number of aliphatic hydroxyl groups excluding tert-OH is 1. The lowest BCUT2D eigenvalue weighted by molar-refractivity contribution is -0.116. The van der Waals surface area contributed by atoms with Crippen LogP contribution in [0.4, 0.5) is 0 Å². The molecule has 0 aromatic heterocycles. The summed E-state index contributed by atoms with van der Waals surface area (Å²) in [6.07, 6.45) is 1.37. The first-order valence-electron chi connectivity index (χ1n) is 5.15. The van der Waals surface area contributed by atoms with Crippen molar-refractivity contribution in [3.8, 4) is 5.75 Å². The summed E-state index contributed by atoms with van der Waals surface area (Å²) in [5.41, 5.74) is 1.13. The van der Waals surface area contributed by atoms with Crippen molar-refractivity contribution in [1.82, 2.24) is 5.32 Å². The van der Waals surface area contributed by atoms with Gasteiger partial charge in [0.05, 0.1) is 18.6 Å². The molecule has 6 nitrogen and oxygen atoms in total. The van der Waals surface area contributed by atoms with Gasteiger partial charge in [-0.1, -0.05) is 17.8 Å². The maximum atomic E-state index is 10.9. The van der Waals surface area contributed by atoms with Crippen molar-refractivity contribution < 1.29 is 15.0 Å². The Kier molecular flexibility index (Phi) is 3.96. The molecule has 0 bridgehead atoms. The van der Waals surface area contributed by atoms with Gasteiger partial charge in [-0.25, -0.2) is 0 Å². The molecule has 0 spiro atoms. The fourth-order valence-electron chi connectivity index (χ4n) is 1.33. The molecule has 1 heterocycles. The van der Waals surface area contributed by atoms with E-state index in [2.05, 4.69) is 15.5 Å². The number of amides is 1. The van der Waals surface area contributed by atoms with Crippen LogP contribution in [0.15, 0.2) is 28.4 Å². The van der Waals surface area contributed by atoms with Gasteiger partial charge in [0, 0.05) is 5.56 Å². The molecule has 1 fully saturated rings. The Balaban J connectivity index is 2.11. The van der Waals surface area contributed by atoms with Crippen LogP contribution in [0.2, 0.25) is 0 Å². The number of aliphatic hydroxyl groups is 1. The minimum Gasteiger partial charge on any atom is -0.507 e. The van der Waals surface area contributed by atoms with E-state index in [0.717, 1.165) is 0 Å². The van der Waals surface area contributed by atoms with Crippen molar-refractivity contribution in [2.75, 3.05) is 5.75 Å². The van der Waals surface area contributed by atoms with Crippen molar-refractivity contribution in [2.45, 2.75) is 6.61 Å². The average Bonchev–Trinajstić information content (AvgIpc) is 2.77. The number of benzene rings is 1. The Hall–Kier alpha value is -1.86. The third kappa shape index (κ3) is 3.08. The molecule has 1 saturated heterocycles. The fourth-order valence-corrected chi connectivity index (χ4v) is 1.96. The highest BCUT2D eigenvalue weighted by molar-refractivity contribution is 8.15. The molecule has 0 radical (unpaired) electrons. The summed E-state index contributed by atoms with van der Waals surface area (Å²) >= 11 is 1.27. The Morgan fingerprint density at radius 1 is 1.50 bits per heavy atom. The summed E-state index contributed by atoms with van der Waals surface area (Å²) in [5.74, 6) is 0.304. The quantitative estimate of drug-likeness (QED) is 0.546. The van der Waals surface area contributed by atoms with E-state index >= 15 is 0 Å². The minimum atomic E-state index is -0.110. The van der Waals surface area contributed by atoms with Crippen LogP contribution >= 0.6 is 11.8 Å². The summed E-state index contributed by atoms with van der Waals surface area (Å²) in [6, 6.07) is 4.71. The molecule has 1 aromatic rings. The van der Waals surface area contributed by atoms with Gasteiger partial charge in [0.2, 0.25) is 5.91 Å². The first kappa shape index (κ1) is 12.6. The molecule has 18 heavy (non-hydrogen) atoms. The molecule has 1 aliphatic rings. The Morgan fingerprint density at radius 2 is 2.33 bits per heavy atom. The number of hydrogen-bond acceptors (Lipinski definition) is 6. The lowest BCUT2D eigenvalue weighted by Gasteiger charge is -2.00. The molecule has 1 aliphatic heterocycles. The van der Waals surface area contributed by atoms with E-state index in [1.807, 2.05) is 0 Å². The Labute approximate surface area is 107 Å². The molecule has 94 valence electrons. The van der Waals surface area contributed by atoms with Crippen molar-refractivity contribution in [3.63, 3.8) is 0 Å². The van der Waals surface area contributed by atoms with Crippen molar-refractivity contribution in [3.05, 3.63) is 29.3 Å². The van der Waals surface area contributed by atoms with Gasteiger partial charge in [-0.05, 0) is 17.7 Å². The Morgan fingerprint density at radius 3 is 3.00 bits per heavy atom. The number of hydrogen-bond donors (Lipinski definition) is 3. The zero-order chi connectivity index (χ0) is 13.0. The number of thioether (sulfide) groups is 1. The molecule has 3 N–H and O–H groups in total. The third-order valence-electron chi connectivity index (χ3n) is 2.21. The molecule has 1 amide bonds. The topological polar surface area (TPSA) is 94.3 Å². The summed E-state index contributed by atoms with van der Waals surface area (Å²) in [5, 5.41) is 29.1. The molecule has 0 atom stereocenters. The number of aromatic hydroxyl groups is 1. The highest BCUT2D eigenvalue weighted by atomic mass is 32.2. The molecule has 7 heteroatoms. The average molecular weight is 265 g/mol. The van der Waals surface area contributed by atoms with Crippen LogP contribution in [0, 0.1) is 0 Å². The lowest BCUT2D eigenvalue weighted by atomic mass is 10.1. The van der Waals surface area contributed by atoms with Crippen molar-refractivity contribution in [1.29, 1.82) is 0 Å². The van der Waals surface area contributed by atoms with E-state index < -0.39 is 0 Å². The fraction of sp³-hybridized carbons (Fsp3) is 0.182. The van der Waals surface area contributed by atoms with Gasteiger partial charge in [0.1, 0.15) is 5.75 Å². The monoisotopic (exact) mass is 265 g/mol. The number of carbonyl (C=O) groups excluding carboxylic acids is 1. The van der Waals surface area contributed by atoms with Crippen LogP contribution in [0.1, 0.15) is 11.1 Å². The van der Waals surface area contributed by atoms with Gasteiger partial charge >= 0.3 is 0 Å². The molecule has 0 unspecified atom stereocenters. The SMILES string of the molecule is O=C1CSC(=NN=Cc2cc(CO)ccc2O)N1. The van der Waals surface area contributed by atoms with E-state index in [4.69, 9.17) is 5.11 Å². The van der Waals surface area contributed by atoms with Crippen molar-refractivity contribution in [2.24, 2.45) is 10.2 Å². The minimum absolute atomic E-state index is 0.0549. The highest BCUT2D eigenvalue weighted by Crippen LogP contribution is 2.16. The van der Waals surface area contributed by atoms with Gasteiger partial charge in [-0.3, -0.25) is 4.79 Å². The molecule has 0 saturated carbocycles. The second-order valence-electron chi connectivity index (χ2n) is 3.54. The van der Waals surface area contributed by atoms with Crippen LogP contribution in [0.3, 0.4) is 0 Å². The smallest absolute Gasteiger partial charge is 0.236 e. The largest absolute Gasteiger partial charge is 0.507 e. The predicted octanol–water partition coefficient (Wildman–Crippen LogP) is 0.437. The summed E-state index contributed by atoms with van der Waals surface area (Å²) < 4.78 is 0. The van der Waals surface area contributed by atoms with Crippen LogP contribution in [0.25, 0.3) is 0 Å². The lowest BCUT2D eigenvalue weighted by Crippen LogP contribution is -2.19. The number of nitrogens with one attached hydrogen (secondary N) is 1. The van der Waals surface area contributed by atoms with Crippen molar-refractivity contribution >= 4 is 29.1 Å². The van der Waals surface area contributed by atoms with Crippen LogP contribution in [-0.4, -0.2) is 33.3 Å². The van der Waals surface area contributed by atoms with Crippen LogP contribution in [-0.2, 0) is 11.4 Å². The van der Waals surface area contributed by atoms with E-state index in [9.17, 15) is 9.90 Å². The molecule has 0 aliphatic carbocycles. The number of rotatable bonds is 3. The zero-order valence-corrected chi connectivity index (χ0v) is 10.1.